The van der Waals surface area contributed by atoms with Crippen LogP contribution in [0.25, 0.3) is 0 Å². The minimum absolute atomic E-state index is 0.0843. The largest absolute Gasteiger partial charge is 0.413 e. The molecular formula is C32H49ClN4O4Si2. The van der Waals surface area contributed by atoms with E-state index in [-0.39, 0.29) is 20.7 Å². The van der Waals surface area contributed by atoms with Crippen molar-refractivity contribution < 1.29 is 18.4 Å². The standard InChI is InChI=1S/C32H49ClN4O4Si2/c1-21-26(18-17-25(19-34)27(21)33)36-28(22(2)41-43(11,12)32(6,7)8)30(39)37(35)29(38)24-15-13-23(14-16-24)20-40-42(9,10)31(3,4)5/h13-18,22,28,36H,20,35H2,1-12H3. The highest BCUT2D eigenvalue weighted by molar-refractivity contribution is 6.74. The lowest BCUT2D eigenvalue weighted by Crippen LogP contribution is -2.56. The van der Waals surface area contributed by atoms with Crippen molar-refractivity contribution in [3.05, 3.63) is 63.7 Å². The van der Waals surface area contributed by atoms with Crippen molar-refractivity contribution in [2.24, 2.45) is 5.84 Å². The van der Waals surface area contributed by atoms with Gasteiger partial charge in [-0.25, -0.2) is 10.9 Å². The van der Waals surface area contributed by atoms with Gasteiger partial charge in [-0.15, -0.1) is 0 Å². The molecule has 3 N–H and O–H groups in total. The third kappa shape index (κ3) is 8.78. The zero-order chi connectivity index (χ0) is 33.1. The number of nitriles is 1. The predicted molar refractivity (Wildman–Crippen MR) is 180 cm³/mol. The van der Waals surface area contributed by atoms with Crippen LogP contribution < -0.4 is 11.2 Å². The lowest BCUT2D eigenvalue weighted by Gasteiger charge is -2.40. The normalized spacial score (nSPS) is 14.1. The average molecular weight is 645 g/mol. The van der Waals surface area contributed by atoms with Crippen molar-refractivity contribution in [2.45, 2.75) is 110 Å². The summed E-state index contributed by atoms with van der Waals surface area (Å²) >= 11 is 6.41. The summed E-state index contributed by atoms with van der Waals surface area (Å²) in [4.78, 5) is 27.3. The second-order valence-corrected chi connectivity index (χ2v) is 24.1. The van der Waals surface area contributed by atoms with Crippen molar-refractivity contribution in [3.63, 3.8) is 0 Å². The molecule has 2 aromatic carbocycles. The molecule has 236 valence electrons. The van der Waals surface area contributed by atoms with E-state index in [9.17, 15) is 14.9 Å². The molecule has 2 rings (SSSR count). The first kappa shape index (κ1) is 36.7. The van der Waals surface area contributed by atoms with Gasteiger partial charge in [0.05, 0.1) is 23.3 Å². The molecule has 2 aromatic rings. The maximum atomic E-state index is 13.9. The van der Waals surface area contributed by atoms with Crippen molar-refractivity contribution in [3.8, 4) is 6.07 Å². The van der Waals surface area contributed by atoms with E-state index in [1.54, 1.807) is 38.1 Å². The van der Waals surface area contributed by atoms with Gasteiger partial charge in [0.2, 0.25) is 0 Å². The number of carbonyl (C=O) groups excluding carboxylic acids is 2. The van der Waals surface area contributed by atoms with Crippen LogP contribution in [0.15, 0.2) is 36.4 Å². The molecule has 0 fully saturated rings. The maximum Gasteiger partial charge on any atom is 0.274 e. The Hall–Kier alpha value is -2.53. The quantitative estimate of drug-likeness (QED) is 0.117. The molecule has 2 atom stereocenters. The third-order valence-electron chi connectivity index (χ3n) is 8.90. The van der Waals surface area contributed by atoms with Crippen LogP contribution in [-0.2, 0) is 20.3 Å². The Labute approximate surface area is 265 Å². The summed E-state index contributed by atoms with van der Waals surface area (Å²) in [6.07, 6.45) is -0.643. The lowest BCUT2D eigenvalue weighted by molar-refractivity contribution is -0.131. The average Bonchev–Trinajstić information content (AvgIpc) is 2.90. The van der Waals surface area contributed by atoms with Gasteiger partial charge in [-0.2, -0.15) is 5.26 Å². The van der Waals surface area contributed by atoms with Crippen molar-refractivity contribution >= 4 is 45.7 Å². The second-order valence-electron chi connectivity index (χ2n) is 14.2. The molecule has 0 spiro atoms. The Morgan fingerprint density at radius 2 is 1.53 bits per heavy atom. The summed E-state index contributed by atoms with van der Waals surface area (Å²) < 4.78 is 12.9. The number of rotatable bonds is 10. The molecule has 0 aromatic heterocycles. The van der Waals surface area contributed by atoms with E-state index in [1.165, 1.54) is 0 Å². The first-order valence-electron chi connectivity index (χ1n) is 14.5. The van der Waals surface area contributed by atoms with Crippen LogP contribution in [0, 0.1) is 18.3 Å². The van der Waals surface area contributed by atoms with Gasteiger partial charge in [-0.05, 0) is 85.5 Å². The topological polar surface area (TPSA) is 118 Å². The van der Waals surface area contributed by atoms with Gasteiger partial charge in [0.25, 0.3) is 11.8 Å². The molecule has 0 aliphatic carbocycles. The summed E-state index contributed by atoms with van der Waals surface area (Å²) in [6, 6.07) is 11.3. The number of halogens is 1. The molecule has 0 radical (unpaired) electrons. The first-order chi connectivity index (χ1) is 19.5. The highest BCUT2D eigenvalue weighted by Crippen LogP contribution is 2.39. The van der Waals surface area contributed by atoms with E-state index in [4.69, 9.17) is 26.3 Å². The number of nitrogens with zero attached hydrogens (tertiary/aromatic N) is 2. The van der Waals surface area contributed by atoms with Gasteiger partial charge in [-0.1, -0.05) is 65.3 Å². The molecular weight excluding hydrogens is 596 g/mol. The summed E-state index contributed by atoms with van der Waals surface area (Å²) in [7, 11) is -4.25. The molecule has 0 aliphatic heterocycles. The Bertz CT molecular complexity index is 1360. The number of hydrazine groups is 1. The lowest BCUT2D eigenvalue weighted by atomic mass is 10.1. The Kier molecular flexibility index (Phi) is 11.6. The Morgan fingerprint density at radius 1 is 1.00 bits per heavy atom. The van der Waals surface area contributed by atoms with Crippen LogP contribution in [0.4, 0.5) is 5.69 Å². The van der Waals surface area contributed by atoms with Gasteiger partial charge in [0, 0.05) is 11.3 Å². The van der Waals surface area contributed by atoms with Crippen LogP contribution in [0.3, 0.4) is 0 Å². The number of benzene rings is 2. The SMILES string of the molecule is Cc1c(NC(C(=O)N(N)C(=O)c2ccc(CO[Si](C)(C)C(C)(C)C)cc2)C(C)O[Si](C)(C)C(C)(C)C)ccc(C#N)c1Cl. The summed E-state index contributed by atoms with van der Waals surface area (Å²) in [5.41, 5.74) is 2.68. The molecule has 2 amide bonds. The van der Waals surface area contributed by atoms with Gasteiger partial charge in [0.15, 0.2) is 16.6 Å². The van der Waals surface area contributed by atoms with Gasteiger partial charge in [-0.3, -0.25) is 9.59 Å². The molecule has 0 bridgehead atoms. The number of imide groups is 1. The first-order valence-corrected chi connectivity index (χ1v) is 20.7. The van der Waals surface area contributed by atoms with Crippen LogP contribution in [-0.4, -0.2) is 45.6 Å². The van der Waals surface area contributed by atoms with Crippen molar-refractivity contribution in [2.75, 3.05) is 5.32 Å². The number of nitrogens with two attached hydrogens (primary N) is 1. The van der Waals surface area contributed by atoms with Gasteiger partial charge in [0.1, 0.15) is 12.1 Å². The molecule has 0 aliphatic rings. The molecule has 0 saturated carbocycles. The van der Waals surface area contributed by atoms with Crippen molar-refractivity contribution in [1.82, 2.24) is 5.01 Å². The molecule has 11 heteroatoms. The highest BCUT2D eigenvalue weighted by Gasteiger charge is 2.42. The molecule has 43 heavy (non-hydrogen) atoms. The summed E-state index contributed by atoms with van der Waals surface area (Å²) in [5, 5.41) is 13.5. The Balaban J connectivity index is 2.35. The van der Waals surface area contributed by atoms with E-state index >= 15 is 0 Å². The number of carbonyl (C=O) groups is 2. The monoisotopic (exact) mass is 644 g/mol. The fourth-order valence-electron chi connectivity index (χ4n) is 3.80. The number of amides is 2. The number of anilines is 1. The highest BCUT2D eigenvalue weighted by atomic mass is 35.5. The Morgan fingerprint density at radius 3 is 2.02 bits per heavy atom. The van der Waals surface area contributed by atoms with E-state index < -0.39 is 40.6 Å². The minimum Gasteiger partial charge on any atom is -0.413 e. The number of hydrogen-bond donors (Lipinski definition) is 2. The molecule has 8 nitrogen and oxygen atoms in total. The predicted octanol–water partition coefficient (Wildman–Crippen LogP) is 7.78. The molecule has 0 saturated heterocycles. The van der Waals surface area contributed by atoms with Crippen LogP contribution in [0.5, 0.6) is 0 Å². The molecule has 0 heterocycles. The van der Waals surface area contributed by atoms with E-state index in [0.29, 0.717) is 28.4 Å². The number of hydrogen-bond acceptors (Lipinski definition) is 7. The number of nitrogens with one attached hydrogen (secondary N) is 1. The van der Waals surface area contributed by atoms with Gasteiger partial charge >= 0.3 is 0 Å². The molecule has 2 unspecified atom stereocenters. The van der Waals surface area contributed by atoms with E-state index in [0.717, 1.165) is 5.56 Å². The van der Waals surface area contributed by atoms with Gasteiger partial charge < -0.3 is 14.2 Å². The maximum absolute atomic E-state index is 13.9. The fourth-order valence-corrected chi connectivity index (χ4v) is 6.38. The third-order valence-corrected chi connectivity index (χ3v) is 18.4. The van der Waals surface area contributed by atoms with E-state index in [2.05, 4.69) is 79.1 Å². The zero-order valence-corrected chi connectivity index (χ0v) is 30.6. The summed E-state index contributed by atoms with van der Waals surface area (Å²) in [5.74, 6) is 4.92. The minimum atomic E-state index is -2.31. The smallest absolute Gasteiger partial charge is 0.274 e. The van der Waals surface area contributed by atoms with Crippen LogP contribution in [0.1, 0.15) is 75.5 Å². The van der Waals surface area contributed by atoms with Crippen LogP contribution in [0.2, 0.25) is 41.3 Å². The van der Waals surface area contributed by atoms with E-state index in [1.807, 2.05) is 12.1 Å². The van der Waals surface area contributed by atoms with Crippen molar-refractivity contribution in [1.29, 1.82) is 5.26 Å². The van der Waals surface area contributed by atoms with Crippen LogP contribution >= 0.6 is 11.6 Å². The fraction of sp³-hybridized carbons (Fsp3) is 0.531. The summed E-state index contributed by atoms with van der Waals surface area (Å²) in [6.45, 7) is 25.5. The zero-order valence-electron chi connectivity index (χ0n) is 27.8. The second kappa shape index (κ2) is 13.6.